The van der Waals surface area contributed by atoms with Gasteiger partial charge in [0, 0.05) is 21.7 Å². The Morgan fingerprint density at radius 3 is 0.833 bits per heavy atom. The fourth-order valence-electron chi connectivity index (χ4n) is 0. The van der Waals surface area contributed by atoms with Crippen LogP contribution in [-0.4, -0.2) is 0 Å². The van der Waals surface area contributed by atoms with E-state index in [9.17, 15) is 0 Å². The smallest absolute Gasteiger partial charge is 0 e. The summed E-state index contributed by atoms with van der Waals surface area (Å²) in [5.41, 5.74) is 0. The van der Waals surface area contributed by atoms with Crippen molar-refractivity contribution in [3.05, 3.63) is 0 Å². The first-order chi connectivity index (χ1) is 2.00. The van der Waals surface area contributed by atoms with E-state index in [0.29, 0.717) is 0 Å². The summed E-state index contributed by atoms with van der Waals surface area (Å²) in [6.45, 7) is 0. The molecule has 0 N–H and O–H groups in total. The van der Waals surface area contributed by atoms with Crippen LogP contribution in [0.4, 0.5) is 0 Å². The number of halogens is 4. The van der Waals surface area contributed by atoms with E-state index in [1.54, 1.807) is 0 Å². The van der Waals surface area contributed by atoms with Gasteiger partial charge in [0.15, 0.2) is 0 Å². The average molecular weight is 241 g/mol. The standard InChI is InChI=1S/4ClH.Ti.V/h4*1H;;/q;;;;;+4/p-4. The first kappa shape index (κ1) is 11.3. The maximum absolute atomic E-state index is 5.00. The van der Waals surface area contributed by atoms with Crippen LogP contribution in [0.25, 0.3) is 0 Å². The van der Waals surface area contributed by atoms with E-state index >= 15 is 0 Å². The van der Waals surface area contributed by atoms with Crippen LogP contribution in [-0.2, 0) is 31.9 Å². The molecule has 0 aliphatic rings. The van der Waals surface area contributed by atoms with Gasteiger partial charge in [0.2, 0.25) is 0 Å². The van der Waals surface area contributed by atoms with Crippen LogP contribution >= 0.6 is 39.4 Å². The molecule has 0 nitrogen and oxygen atoms in total. The number of hydrogen-bond acceptors (Lipinski definition) is 0. The minimum atomic E-state index is -2.99. The Hall–Kier alpha value is 2.46. The van der Waals surface area contributed by atoms with Gasteiger partial charge in [-0.05, 0) is 0 Å². The quantitative estimate of drug-likeness (QED) is 0.571. The molecule has 0 rings (SSSR count). The molecular formula is Cl4TiV. The molecular weight excluding hydrogens is 241 g/mol. The Bertz CT molecular complexity index is 23.0. The molecule has 0 saturated carbocycles. The van der Waals surface area contributed by atoms with Crippen molar-refractivity contribution in [1.82, 2.24) is 0 Å². The van der Waals surface area contributed by atoms with E-state index in [1.807, 2.05) is 0 Å². The van der Waals surface area contributed by atoms with Gasteiger partial charge >= 0.3 is 49.6 Å². The summed E-state index contributed by atoms with van der Waals surface area (Å²) in [5, 5.41) is 0. The minimum Gasteiger partial charge on any atom is 0 e. The van der Waals surface area contributed by atoms with Gasteiger partial charge < -0.3 is 0 Å². The average Bonchev–Trinajstić information content (AvgIpc) is 0.722. The van der Waals surface area contributed by atoms with Crippen LogP contribution in [0.2, 0.25) is 0 Å². The van der Waals surface area contributed by atoms with Gasteiger partial charge in [-0.15, -0.1) is 0 Å². The molecule has 0 heterocycles. The number of rotatable bonds is 0. The molecule has 0 radical (unpaired) electrons. The van der Waals surface area contributed by atoms with Gasteiger partial charge in [-0.25, -0.2) is 0 Å². The van der Waals surface area contributed by atoms with Gasteiger partial charge in [-0.2, -0.15) is 0 Å². The van der Waals surface area contributed by atoms with E-state index in [1.165, 1.54) is 0 Å². The van der Waals surface area contributed by atoms with Crippen LogP contribution in [0.1, 0.15) is 0 Å². The van der Waals surface area contributed by atoms with Gasteiger partial charge in [0.05, 0.1) is 0 Å². The van der Waals surface area contributed by atoms with Gasteiger partial charge in [0.25, 0.3) is 0 Å². The molecule has 37 valence electrons. The molecule has 0 bridgehead atoms. The third-order valence-corrected chi connectivity index (χ3v) is 0. The van der Waals surface area contributed by atoms with Crippen molar-refractivity contribution >= 4 is 39.4 Å². The van der Waals surface area contributed by atoms with Crippen molar-refractivity contribution in [1.29, 1.82) is 0 Å². The maximum Gasteiger partial charge on any atom is 0 e. The second kappa shape index (κ2) is 4.35. The zero-order valence-electron chi connectivity index (χ0n) is 2.46. The molecule has 0 aromatic heterocycles. The van der Waals surface area contributed by atoms with Crippen molar-refractivity contribution in [3.8, 4) is 0 Å². The van der Waals surface area contributed by atoms with Crippen molar-refractivity contribution in [3.63, 3.8) is 0 Å². The summed E-state index contributed by atoms with van der Waals surface area (Å²) in [6, 6.07) is 0. The third-order valence-electron chi connectivity index (χ3n) is 0. The second-order valence-corrected chi connectivity index (χ2v) is 14.2. The summed E-state index contributed by atoms with van der Waals surface area (Å²) in [6.07, 6.45) is 0. The molecule has 0 spiro atoms. The molecule has 0 aliphatic carbocycles. The predicted octanol–water partition coefficient (Wildman–Crippen LogP) is 2.75. The summed E-state index contributed by atoms with van der Waals surface area (Å²) < 4.78 is 0. The Labute approximate surface area is 70.4 Å². The largest absolute Gasteiger partial charge is 0 e. The van der Waals surface area contributed by atoms with Crippen LogP contribution in [0.15, 0.2) is 0 Å². The minimum absolute atomic E-state index is 0. The summed E-state index contributed by atoms with van der Waals surface area (Å²) >= 11 is 0. The molecule has 6 heteroatoms. The van der Waals surface area contributed by atoms with Gasteiger partial charge in [-0.3, -0.25) is 0 Å². The first-order valence-corrected chi connectivity index (χ1v) is 8.36. The zero-order chi connectivity index (χ0) is 4.50. The van der Waals surface area contributed by atoms with Gasteiger partial charge in [0.1, 0.15) is 0 Å². The SMILES string of the molecule is [Cl][V]([Cl])([Cl])[Cl].[Ti]. The molecule has 0 aliphatic heterocycles. The molecule has 0 saturated heterocycles. The van der Waals surface area contributed by atoms with Crippen molar-refractivity contribution in [2.24, 2.45) is 0 Å². The topological polar surface area (TPSA) is 0 Å². The summed E-state index contributed by atoms with van der Waals surface area (Å²) in [4.78, 5) is 0. The van der Waals surface area contributed by atoms with Crippen LogP contribution in [0.3, 0.4) is 0 Å². The molecule has 0 amide bonds. The second-order valence-electron chi connectivity index (χ2n) is 0.383. The monoisotopic (exact) mass is 239 g/mol. The van der Waals surface area contributed by atoms with Crippen LogP contribution < -0.4 is 0 Å². The van der Waals surface area contributed by atoms with Crippen LogP contribution in [0, 0.1) is 0 Å². The van der Waals surface area contributed by atoms with E-state index in [-0.39, 0.29) is 21.7 Å². The van der Waals surface area contributed by atoms with E-state index in [0.717, 1.165) is 0 Å². The molecule has 0 aromatic rings. The molecule has 0 fully saturated rings. The Morgan fingerprint density at radius 2 is 0.833 bits per heavy atom. The van der Waals surface area contributed by atoms with Crippen molar-refractivity contribution in [2.75, 3.05) is 0 Å². The summed E-state index contributed by atoms with van der Waals surface area (Å²) in [7, 11) is 17.0. The molecule has 0 unspecified atom stereocenters. The number of hydrogen-bond donors (Lipinski definition) is 0. The predicted molar refractivity (Wildman–Crippen MR) is 23.4 cm³/mol. The molecule has 0 atom stereocenters. The molecule has 0 aromatic carbocycles. The zero-order valence-corrected chi connectivity index (χ0v) is 8.44. The van der Waals surface area contributed by atoms with E-state index < -0.39 is 10.2 Å². The van der Waals surface area contributed by atoms with E-state index in [2.05, 4.69) is 0 Å². The normalized spacial score (nSPS) is 10.0. The maximum atomic E-state index is 5.00. The Balaban J connectivity index is 0. The molecule has 6 heavy (non-hydrogen) atoms. The van der Waals surface area contributed by atoms with Crippen LogP contribution in [0.5, 0.6) is 0 Å². The van der Waals surface area contributed by atoms with Crippen molar-refractivity contribution < 1.29 is 31.9 Å². The van der Waals surface area contributed by atoms with E-state index in [4.69, 9.17) is 39.4 Å². The van der Waals surface area contributed by atoms with Gasteiger partial charge in [-0.1, -0.05) is 0 Å². The van der Waals surface area contributed by atoms with Crippen molar-refractivity contribution in [2.45, 2.75) is 0 Å². The Morgan fingerprint density at radius 1 is 0.833 bits per heavy atom. The fraction of sp³-hybridized carbons (Fsp3) is 0. The fourth-order valence-corrected chi connectivity index (χ4v) is 0. The summed E-state index contributed by atoms with van der Waals surface area (Å²) in [5.74, 6) is 0. The first-order valence-electron chi connectivity index (χ1n) is 0.676. The third kappa shape index (κ3) is 31.8. The Kier molecular flexibility index (Phi) is 8.18.